The Morgan fingerprint density at radius 1 is 1.31 bits per heavy atom. The summed E-state index contributed by atoms with van der Waals surface area (Å²) >= 11 is 5.90. The normalized spacial score (nSPS) is 17.2. The third-order valence-corrected chi connectivity index (χ3v) is 3.49. The SMILES string of the molecule is CC(C)(CNC1CNC1)c1ccc(Cl)cc1. The maximum absolute atomic E-state index is 5.90. The van der Waals surface area contributed by atoms with Gasteiger partial charge in [-0.25, -0.2) is 0 Å². The Morgan fingerprint density at radius 3 is 2.44 bits per heavy atom. The molecule has 1 saturated heterocycles. The molecule has 1 aliphatic rings. The van der Waals surface area contributed by atoms with Gasteiger partial charge < -0.3 is 10.6 Å². The van der Waals surface area contributed by atoms with Gasteiger partial charge in [-0.3, -0.25) is 0 Å². The molecule has 0 unspecified atom stereocenters. The molecule has 0 radical (unpaired) electrons. The highest BCUT2D eigenvalue weighted by molar-refractivity contribution is 6.30. The van der Waals surface area contributed by atoms with Crippen LogP contribution in [0, 0.1) is 0 Å². The second kappa shape index (κ2) is 4.74. The molecular formula is C13H19ClN2. The van der Waals surface area contributed by atoms with E-state index < -0.39 is 0 Å². The van der Waals surface area contributed by atoms with Gasteiger partial charge in [-0.15, -0.1) is 0 Å². The van der Waals surface area contributed by atoms with Crippen LogP contribution in [0.3, 0.4) is 0 Å². The van der Waals surface area contributed by atoms with Crippen molar-refractivity contribution in [3.05, 3.63) is 34.9 Å². The molecule has 2 rings (SSSR count). The lowest BCUT2D eigenvalue weighted by Gasteiger charge is -2.33. The zero-order valence-electron chi connectivity index (χ0n) is 9.89. The average Bonchev–Trinajstić information content (AvgIpc) is 2.15. The molecule has 3 heteroatoms. The molecule has 2 N–H and O–H groups in total. The molecule has 1 aromatic carbocycles. The first-order valence-corrected chi connectivity index (χ1v) is 6.16. The van der Waals surface area contributed by atoms with Gasteiger partial charge >= 0.3 is 0 Å². The monoisotopic (exact) mass is 238 g/mol. The zero-order chi connectivity index (χ0) is 11.6. The van der Waals surface area contributed by atoms with Crippen LogP contribution in [-0.4, -0.2) is 25.7 Å². The molecule has 0 bridgehead atoms. The predicted octanol–water partition coefficient (Wildman–Crippen LogP) is 2.18. The van der Waals surface area contributed by atoms with Crippen molar-refractivity contribution in [3.63, 3.8) is 0 Å². The van der Waals surface area contributed by atoms with Crippen molar-refractivity contribution in [2.45, 2.75) is 25.3 Å². The van der Waals surface area contributed by atoms with Crippen LogP contribution in [-0.2, 0) is 5.41 Å². The quantitative estimate of drug-likeness (QED) is 0.840. The van der Waals surface area contributed by atoms with E-state index in [0.29, 0.717) is 6.04 Å². The fourth-order valence-corrected chi connectivity index (χ4v) is 1.96. The van der Waals surface area contributed by atoms with E-state index in [2.05, 4.69) is 36.6 Å². The first-order valence-electron chi connectivity index (χ1n) is 5.78. The summed E-state index contributed by atoms with van der Waals surface area (Å²) in [6.07, 6.45) is 0. The lowest BCUT2D eigenvalue weighted by molar-refractivity contribution is 0.333. The lowest BCUT2D eigenvalue weighted by atomic mass is 9.84. The standard InChI is InChI=1S/C13H19ClN2/c1-13(2,9-16-12-7-15-8-12)10-3-5-11(14)6-4-10/h3-6,12,15-16H,7-9H2,1-2H3. The number of hydrogen-bond acceptors (Lipinski definition) is 2. The van der Waals surface area contributed by atoms with Gasteiger partial charge in [-0.1, -0.05) is 37.6 Å². The zero-order valence-corrected chi connectivity index (χ0v) is 10.6. The topological polar surface area (TPSA) is 24.1 Å². The first-order chi connectivity index (χ1) is 7.58. The number of rotatable bonds is 4. The fraction of sp³-hybridized carbons (Fsp3) is 0.538. The van der Waals surface area contributed by atoms with Crippen LogP contribution in [0.5, 0.6) is 0 Å². The summed E-state index contributed by atoms with van der Waals surface area (Å²) in [6.45, 7) is 7.71. The van der Waals surface area contributed by atoms with Crippen LogP contribution in [0.25, 0.3) is 0 Å². The molecule has 2 nitrogen and oxygen atoms in total. The molecule has 0 aliphatic carbocycles. The van der Waals surface area contributed by atoms with Gasteiger partial charge in [0.1, 0.15) is 0 Å². The van der Waals surface area contributed by atoms with Gasteiger partial charge in [-0.05, 0) is 17.7 Å². The Kier molecular flexibility index (Phi) is 3.53. The van der Waals surface area contributed by atoms with Crippen LogP contribution in [0.2, 0.25) is 5.02 Å². The minimum atomic E-state index is 0.153. The van der Waals surface area contributed by atoms with Crippen LogP contribution >= 0.6 is 11.6 Å². The molecule has 1 aliphatic heterocycles. The second-order valence-corrected chi connectivity index (χ2v) is 5.56. The molecule has 0 aromatic heterocycles. The molecule has 1 fully saturated rings. The highest BCUT2D eigenvalue weighted by Crippen LogP contribution is 2.24. The summed E-state index contributed by atoms with van der Waals surface area (Å²) in [4.78, 5) is 0. The van der Waals surface area contributed by atoms with Gasteiger partial charge in [0, 0.05) is 36.1 Å². The molecule has 0 saturated carbocycles. The summed E-state index contributed by atoms with van der Waals surface area (Å²) in [5.41, 5.74) is 1.48. The first kappa shape index (κ1) is 11.9. The highest BCUT2D eigenvalue weighted by atomic mass is 35.5. The van der Waals surface area contributed by atoms with Crippen molar-refractivity contribution in [3.8, 4) is 0 Å². The van der Waals surface area contributed by atoms with Crippen molar-refractivity contribution in [1.82, 2.24) is 10.6 Å². The number of benzene rings is 1. The highest BCUT2D eigenvalue weighted by Gasteiger charge is 2.23. The Morgan fingerprint density at radius 2 is 1.94 bits per heavy atom. The van der Waals surface area contributed by atoms with Crippen molar-refractivity contribution in [2.24, 2.45) is 0 Å². The summed E-state index contributed by atoms with van der Waals surface area (Å²) in [5.74, 6) is 0. The summed E-state index contributed by atoms with van der Waals surface area (Å²) < 4.78 is 0. The Labute approximate surface area is 102 Å². The van der Waals surface area contributed by atoms with Crippen molar-refractivity contribution in [1.29, 1.82) is 0 Å². The van der Waals surface area contributed by atoms with Gasteiger partial charge in [0.05, 0.1) is 0 Å². The van der Waals surface area contributed by atoms with Gasteiger partial charge in [-0.2, -0.15) is 0 Å². The molecular weight excluding hydrogens is 220 g/mol. The van der Waals surface area contributed by atoms with Gasteiger partial charge in [0.25, 0.3) is 0 Å². The number of nitrogens with one attached hydrogen (secondary N) is 2. The molecule has 0 atom stereocenters. The van der Waals surface area contributed by atoms with E-state index >= 15 is 0 Å². The van der Waals surface area contributed by atoms with Crippen molar-refractivity contribution >= 4 is 11.6 Å². The third-order valence-electron chi connectivity index (χ3n) is 3.24. The summed E-state index contributed by atoms with van der Waals surface area (Å²) in [5, 5.41) is 7.64. The fourth-order valence-electron chi connectivity index (χ4n) is 1.84. The Hall–Kier alpha value is -0.570. The predicted molar refractivity (Wildman–Crippen MR) is 69.1 cm³/mol. The Balaban J connectivity index is 1.96. The van der Waals surface area contributed by atoms with E-state index in [4.69, 9.17) is 11.6 Å². The maximum atomic E-state index is 5.90. The minimum absolute atomic E-state index is 0.153. The molecule has 1 aromatic rings. The average molecular weight is 239 g/mol. The van der Waals surface area contributed by atoms with E-state index in [0.717, 1.165) is 24.7 Å². The molecule has 1 heterocycles. The molecule has 16 heavy (non-hydrogen) atoms. The van der Waals surface area contributed by atoms with E-state index in [1.807, 2.05) is 12.1 Å². The maximum Gasteiger partial charge on any atom is 0.0406 e. The smallest absolute Gasteiger partial charge is 0.0406 e. The van der Waals surface area contributed by atoms with Crippen molar-refractivity contribution in [2.75, 3.05) is 19.6 Å². The Bertz CT molecular complexity index is 341. The molecule has 0 amide bonds. The van der Waals surface area contributed by atoms with Gasteiger partial charge in [0.15, 0.2) is 0 Å². The van der Waals surface area contributed by atoms with E-state index in [-0.39, 0.29) is 5.41 Å². The molecule has 88 valence electrons. The van der Waals surface area contributed by atoms with E-state index in [1.54, 1.807) is 0 Å². The van der Waals surface area contributed by atoms with Crippen LogP contribution in [0.1, 0.15) is 19.4 Å². The van der Waals surface area contributed by atoms with Crippen LogP contribution < -0.4 is 10.6 Å². The summed E-state index contributed by atoms with van der Waals surface area (Å²) in [7, 11) is 0. The second-order valence-electron chi connectivity index (χ2n) is 5.13. The van der Waals surface area contributed by atoms with Gasteiger partial charge in [0.2, 0.25) is 0 Å². The van der Waals surface area contributed by atoms with Crippen LogP contribution in [0.15, 0.2) is 24.3 Å². The molecule has 0 spiro atoms. The van der Waals surface area contributed by atoms with Crippen LogP contribution in [0.4, 0.5) is 0 Å². The largest absolute Gasteiger partial charge is 0.314 e. The third kappa shape index (κ3) is 2.76. The van der Waals surface area contributed by atoms with E-state index in [9.17, 15) is 0 Å². The van der Waals surface area contributed by atoms with E-state index in [1.165, 1.54) is 5.56 Å². The number of halogens is 1. The van der Waals surface area contributed by atoms with Crippen molar-refractivity contribution < 1.29 is 0 Å². The lowest BCUT2D eigenvalue weighted by Crippen LogP contribution is -2.57. The number of hydrogen-bond donors (Lipinski definition) is 2. The summed E-state index contributed by atoms with van der Waals surface area (Å²) in [6, 6.07) is 8.80. The minimum Gasteiger partial charge on any atom is -0.314 e.